The van der Waals surface area contributed by atoms with Gasteiger partial charge in [-0.3, -0.25) is 0 Å². The van der Waals surface area contributed by atoms with E-state index in [4.69, 9.17) is 17.3 Å². The van der Waals surface area contributed by atoms with Crippen molar-refractivity contribution in [3.05, 3.63) is 29.0 Å². The smallest absolute Gasteiger partial charge is 0.136 e. The first-order chi connectivity index (χ1) is 6.72. The number of fused-ring (bicyclic) bond motifs is 1. The molecule has 3 nitrogen and oxygen atoms in total. The largest absolute Gasteiger partial charge is 0.383 e. The van der Waals surface area contributed by atoms with Gasteiger partial charge in [-0.25, -0.2) is 9.97 Å². The van der Waals surface area contributed by atoms with Gasteiger partial charge in [0, 0.05) is 6.42 Å². The minimum atomic E-state index is 0.456. The Morgan fingerprint density at radius 3 is 2.86 bits per heavy atom. The zero-order valence-electron chi connectivity index (χ0n) is 7.79. The van der Waals surface area contributed by atoms with Crippen LogP contribution in [-0.4, -0.2) is 9.97 Å². The van der Waals surface area contributed by atoms with E-state index in [0.717, 1.165) is 23.1 Å². The van der Waals surface area contributed by atoms with Crippen molar-refractivity contribution in [3.63, 3.8) is 0 Å². The Labute approximate surface area is 86.9 Å². The van der Waals surface area contributed by atoms with E-state index >= 15 is 0 Å². The molecule has 1 aromatic heterocycles. The summed E-state index contributed by atoms with van der Waals surface area (Å²) >= 11 is 6.00. The molecule has 0 aliphatic heterocycles. The first-order valence-electron chi connectivity index (χ1n) is 4.43. The summed E-state index contributed by atoms with van der Waals surface area (Å²) in [4.78, 5) is 8.50. The number of nitrogens with zero attached hydrogens (tertiary/aromatic N) is 2. The van der Waals surface area contributed by atoms with Gasteiger partial charge in [0.25, 0.3) is 0 Å². The normalized spacial score (nSPS) is 10.7. The lowest BCUT2D eigenvalue weighted by atomic mass is 10.2. The van der Waals surface area contributed by atoms with Crippen LogP contribution in [0.1, 0.15) is 12.7 Å². The highest BCUT2D eigenvalue weighted by Crippen LogP contribution is 2.26. The van der Waals surface area contributed by atoms with Crippen LogP contribution < -0.4 is 5.73 Å². The average molecular weight is 208 g/mol. The van der Waals surface area contributed by atoms with Gasteiger partial charge in [-0.15, -0.1) is 0 Å². The van der Waals surface area contributed by atoms with Crippen molar-refractivity contribution in [1.29, 1.82) is 0 Å². The minimum absolute atomic E-state index is 0.456. The van der Waals surface area contributed by atoms with E-state index in [9.17, 15) is 0 Å². The molecule has 0 aliphatic rings. The van der Waals surface area contributed by atoms with E-state index in [-0.39, 0.29) is 0 Å². The second kappa shape index (κ2) is 3.42. The second-order valence-electron chi connectivity index (χ2n) is 3.01. The minimum Gasteiger partial charge on any atom is -0.383 e. The molecule has 4 heteroatoms. The molecule has 72 valence electrons. The van der Waals surface area contributed by atoms with Crippen LogP contribution in [-0.2, 0) is 6.42 Å². The highest BCUT2D eigenvalue weighted by molar-refractivity contribution is 6.36. The summed E-state index contributed by atoms with van der Waals surface area (Å²) in [5, 5.41) is 1.34. The molecule has 2 rings (SSSR count). The van der Waals surface area contributed by atoms with E-state index in [1.165, 1.54) is 0 Å². The molecule has 0 bridgehead atoms. The molecule has 0 fully saturated rings. The van der Waals surface area contributed by atoms with Gasteiger partial charge in [-0.1, -0.05) is 24.6 Å². The lowest BCUT2D eigenvalue weighted by Crippen LogP contribution is -2.00. The van der Waals surface area contributed by atoms with Crippen molar-refractivity contribution in [2.24, 2.45) is 0 Å². The van der Waals surface area contributed by atoms with Gasteiger partial charge < -0.3 is 5.73 Å². The van der Waals surface area contributed by atoms with Crippen LogP contribution in [0.5, 0.6) is 0 Å². The molecule has 0 saturated heterocycles. The van der Waals surface area contributed by atoms with Crippen molar-refractivity contribution in [2.45, 2.75) is 13.3 Å². The summed E-state index contributed by atoms with van der Waals surface area (Å²) in [6.07, 6.45) is 0.770. The van der Waals surface area contributed by atoms with Crippen LogP contribution in [0, 0.1) is 0 Å². The predicted molar refractivity (Wildman–Crippen MR) is 58.3 cm³/mol. The highest BCUT2D eigenvalue weighted by atomic mass is 35.5. The van der Waals surface area contributed by atoms with Crippen molar-refractivity contribution in [2.75, 3.05) is 5.73 Å². The van der Waals surface area contributed by atoms with Crippen molar-refractivity contribution in [1.82, 2.24) is 9.97 Å². The van der Waals surface area contributed by atoms with Crippen LogP contribution >= 0.6 is 11.6 Å². The van der Waals surface area contributed by atoms with Gasteiger partial charge in [-0.2, -0.15) is 0 Å². The van der Waals surface area contributed by atoms with Crippen molar-refractivity contribution in [3.8, 4) is 0 Å². The molecule has 0 aliphatic carbocycles. The maximum Gasteiger partial charge on any atom is 0.136 e. The molecule has 2 N–H and O–H groups in total. The molecular formula is C10H10ClN3. The van der Waals surface area contributed by atoms with E-state index in [1.807, 2.05) is 19.1 Å². The number of aryl methyl sites for hydroxylation is 1. The fraction of sp³-hybridized carbons (Fsp3) is 0.200. The molecule has 0 saturated carbocycles. The predicted octanol–water partition coefficient (Wildman–Crippen LogP) is 2.43. The fourth-order valence-electron chi connectivity index (χ4n) is 1.38. The quantitative estimate of drug-likeness (QED) is 0.782. The number of anilines is 1. The number of hydrogen-bond acceptors (Lipinski definition) is 3. The summed E-state index contributed by atoms with van der Waals surface area (Å²) in [6.45, 7) is 1.99. The number of benzene rings is 1. The molecule has 14 heavy (non-hydrogen) atoms. The molecule has 2 aromatic rings. The summed E-state index contributed by atoms with van der Waals surface area (Å²) in [7, 11) is 0. The van der Waals surface area contributed by atoms with E-state index in [2.05, 4.69) is 9.97 Å². The van der Waals surface area contributed by atoms with Gasteiger partial charge >= 0.3 is 0 Å². The Morgan fingerprint density at radius 2 is 2.14 bits per heavy atom. The van der Waals surface area contributed by atoms with Crippen LogP contribution in [0.3, 0.4) is 0 Å². The standard InChI is InChI=1S/C10H10ClN3/c1-2-8-13-7-5-3-4-6(11)9(7)10(12)14-8/h3-5H,2H2,1H3,(H2,12,13,14). The Balaban J connectivity index is 2.83. The zero-order valence-corrected chi connectivity index (χ0v) is 8.54. The maximum atomic E-state index is 6.00. The summed E-state index contributed by atoms with van der Waals surface area (Å²) < 4.78 is 0. The average Bonchev–Trinajstić information content (AvgIpc) is 2.17. The van der Waals surface area contributed by atoms with Crippen molar-refractivity contribution >= 4 is 28.3 Å². The molecule has 0 spiro atoms. The summed E-state index contributed by atoms with van der Waals surface area (Å²) in [5.41, 5.74) is 6.61. The summed E-state index contributed by atoms with van der Waals surface area (Å²) in [6, 6.07) is 5.53. The summed E-state index contributed by atoms with van der Waals surface area (Å²) in [5.74, 6) is 1.20. The van der Waals surface area contributed by atoms with E-state index < -0.39 is 0 Å². The third-order valence-corrected chi connectivity index (χ3v) is 2.38. The third kappa shape index (κ3) is 1.40. The SMILES string of the molecule is CCc1nc(N)c2c(Cl)cccc2n1. The van der Waals surface area contributed by atoms with Crippen LogP contribution in [0.25, 0.3) is 10.9 Å². The Bertz CT molecular complexity index is 482. The molecule has 0 atom stereocenters. The van der Waals surface area contributed by atoms with Gasteiger partial charge in [0.1, 0.15) is 11.6 Å². The molecule has 1 aromatic carbocycles. The van der Waals surface area contributed by atoms with Crippen LogP contribution in [0.4, 0.5) is 5.82 Å². The number of aromatic nitrogens is 2. The van der Waals surface area contributed by atoms with Crippen LogP contribution in [0.2, 0.25) is 5.02 Å². The number of nitrogen functional groups attached to an aromatic ring is 1. The fourth-order valence-corrected chi connectivity index (χ4v) is 1.64. The van der Waals surface area contributed by atoms with E-state index in [1.54, 1.807) is 6.07 Å². The van der Waals surface area contributed by atoms with Gasteiger partial charge in [0.2, 0.25) is 0 Å². The van der Waals surface area contributed by atoms with Crippen molar-refractivity contribution < 1.29 is 0 Å². The second-order valence-corrected chi connectivity index (χ2v) is 3.42. The molecule has 0 unspecified atom stereocenters. The van der Waals surface area contributed by atoms with E-state index in [0.29, 0.717) is 10.8 Å². The first-order valence-corrected chi connectivity index (χ1v) is 4.80. The molecule has 0 amide bonds. The topological polar surface area (TPSA) is 51.8 Å². The first kappa shape index (κ1) is 9.21. The number of nitrogens with two attached hydrogens (primary N) is 1. The van der Waals surface area contributed by atoms with Gasteiger partial charge in [-0.05, 0) is 12.1 Å². The molecule has 1 heterocycles. The van der Waals surface area contributed by atoms with Gasteiger partial charge in [0.15, 0.2) is 0 Å². The maximum absolute atomic E-state index is 6.00. The Hall–Kier alpha value is -1.35. The number of halogens is 1. The highest BCUT2D eigenvalue weighted by Gasteiger charge is 2.06. The van der Waals surface area contributed by atoms with Crippen LogP contribution in [0.15, 0.2) is 18.2 Å². The number of hydrogen-bond donors (Lipinski definition) is 1. The Kier molecular flexibility index (Phi) is 2.25. The number of rotatable bonds is 1. The van der Waals surface area contributed by atoms with Gasteiger partial charge in [0.05, 0.1) is 15.9 Å². The lowest BCUT2D eigenvalue weighted by Gasteiger charge is -2.04. The Morgan fingerprint density at radius 1 is 1.36 bits per heavy atom. The third-order valence-electron chi connectivity index (χ3n) is 2.06. The zero-order chi connectivity index (χ0) is 10.1. The lowest BCUT2D eigenvalue weighted by molar-refractivity contribution is 0.966. The molecule has 0 radical (unpaired) electrons. The molecular weight excluding hydrogens is 198 g/mol. The monoisotopic (exact) mass is 207 g/mol.